The van der Waals surface area contributed by atoms with E-state index in [-0.39, 0.29) is 24.5 Å². The van der Waals surface area contributed by atoms with E-state index in [1.54, 1.807) is 61.5 Å². The van der Waals surface area contributed by atoms with Crippen molar-refractivity contribution < 1.29 is 33.4 Å². The molecule has 0 aliphatic carbocycles. The van der Waals surface area contributed by atoms with Crippen molar-refractivity contribution in [2.75, 3.05) is 13.2 Å². The second kappa shape index (κ2) is 14.8. The minimum absolute atomic E-state index is 0.0313. The van der Waals surface area contributed by atoms with Crippen molar-refractivity contribution in [3.8, 4) is 17.2 Å². The molecule has 0 unspecified atom stereocenters. The van der Waals surface area contributed by atoms with Crippen LogP contribution in [0.1, 0.15) is 77.3 Å². The second-order valence-corrected chi connectivity index (χ2v) is 11.5. The second-order valence-electron chi connectivity index (χ2n) is 11.5. The Hall–Kier alpha value is -6.09. The van der Waals surface area contributed by atoms with Gasteiger partial charge in [0.25, 0.3) is 11.8 Å². The molecule has 49 heavy (non-hydrogen) atoms. The molecule has 246 valence electrons. The maximum atomic E-state index is 13.9. The highest BCUT2D eigenvalue weighted by Crippen LogP contribution is 2.33. The van der Waals surface area contributed by atoms with Gasteiger partial charge in [0.1, 0.15) is 23.7 Å². The van der Waals surface area contributed by atoms with Gasteiger partial charge in [0, 0.05) is 12.1 Å². The van der Waals surface area contributed by atoms with Gasteiger partial charge in [-0.1, -0.05) is 74.0 Å². The van der Waals surface area contributed by atoms with Crippen LogP contribution in [0.5, 0.6) is 17.2 Å². The van der Waals surface area contributed by atoms with Gasteiger partial charge in [-0.2, -0.15) is 0 Å². The Balaban J connectivity index is 1.30. The van der Waals surface area contributed by atoms with Crippen molar-refractivity contribution in [1.82, 2.24) is 9.88 Å². The predicted molar refractivity (Wildman–Crippen MR) is 182 cm³/mol. The van der Waals surface area contributed by atoms with Crippen molar-refractivity contribution in [2.45, 2.75) is 33.1 Å². The Kier molecular flexibility index (Phi) is 9.90. The van der Waals surface area contributed by atoms with E-state index in [1.165, 1.54) is 0 Å². The highest BCUT2D eigenvalue weighted by Gasteiger charge is 2.35. The van der Waals surface area contributed by atoms with E-state index < -0.39 is 23.8 Å². The summed E-state index contributed by atoms with van der Waals surface area (Å²) in [5.41, 5.74) is 3.42. The first-order valence-corrected chi connectivity index (χ1v) is 16.1. The summed E-state index contributed by atoms with van der Waals surface area (Å²) in [6.45, 7) is 3.32. The lowest BCUT2D eigenvalue weighted by atomic mass is 9.98. The van der Waals surface area contributed by atoms with Crippen LogP contribution in [0.3, 0.4) is 0 Å². The number of amides is 2. The van der Waals surface area contributed by atoms with E-state index in [4.69, 9.17) is 19.2 Å². The molecule has 0 spiro atoms. The van der Waals surface area contributed by atoms with Gasteiger partial charge in [-0.05, 0) is 73.0 Å². The summed E-state index contributed by atoms with van der Waals surface area (Å²) in [5.74, 6) is -0.902. The average molecular weight is 655 g/mol. The Bertz CT molecular complexity index is 1990. The van der Waals surface area contributed by atoms with E-state index in [2.05, 4.69) is 0 Å². The molecular formula is C40H34N2O7. The summed E-state index contributed by atoms with van der Waals surface area (Å²) < 4.78 is 17.7. The molecule has 0 saturated carbocycles. The molecule has 1 aliphatic heterocycles. The molecule has 0 bridgehead atoms. The topological polar surface area (TPSA) is 112 Å². The predicted octanol–water partition coefficient (Wildman–Crippen LogP) is 7.40. The third kappa shape index (κ3) is 7.26. The van der Waals surface area contributed by atoms with Gasteiger partial charge in [0.05, 0.1) is 28.9 Å². The smallest absolute Gasteiger partial charge is 0.343 e. The van der Waals surface area contributed by atoms with E-state index in [1.807, 2.05) is 61.5 Å². The van der Waals surface area contributed by atoms with Crippen LogP contribution >= 0.6 is 0 Å². The van der Waals surface area contributed by atoms with Gasteiger partial charge in [-0.25, -0.2) is 9.59 Å². The number of hydrogen-bond donors (Lipinski definition) is 0. The van der Waals surface area contributed by atoms with Crippen LogP contribution < -0.4 is 9.47 Å². The van der Waals surface area contributed by atoms with E-state index >= 15 is 0 Å². The molecule has 4 aromatic carbocycles. The normalized spacial score (nSPS) is 12.1. The van der Waals surface area contributed by atoms with Crippen molar-refractivity contribution in [3.63, 3.8) is 0 Å². The molecule has 0 saturated heterocycles. The Labute approximate surface area is 284 Å². The zero-order valence-corrected chi connectivity index (χ0v) is 27.2. The first-order valence-electron chi connectivity index (χ1n) is 16.1. The zero-order chi connectivity index (χ0) is 34.3. The van der Waals surface area contributed by atoms with Crippen molar-refractivity contribution in [1.29, 1.82) is 0 Å². The summed E-state index contributed by atoms with van der Waals surface area (Å²) in [5, 5.41) is 0. The summed E-state index contributed by atoms with van der Waals surface area (Å²) >= 11 is 0. The quantitative estimate of drug-likeness (QED) is 0.101. The SMILES string of the molecule is CCCc1nc(Cc2cccc(Oc3ccccc3)c2)c(C)c(C(=O)OCCN2C(=O)c3ccccc3C2=O)c1OC(=O)c1ccccc1. The Morgan fingerprint density at radius 2 is 1.37 bits per heavy atom. The van der Waals surface area contributed by atoms with Gasteiger partial charge >= 0.3 is 11.9 Å². The fourth-order valence-electron chi connectivity index (χ4n) is 5.70. The number of benzene rings is 4. The largest absolute Gasteiger partial charge is 0.460 e. The lowest BCUT2D eigenvalue weighted by molar-refractivity contribution is 0.0414. The molecule has 9 heteroatoms. The number of carbonyl (C=O) groups is 4. The van der Waals surface area contributed by atoms with Gasteiger partial charge in [-0.3, -0.25) is 19.5 Å². The number of aromatic nitrogens is 1. The van der Waals surface area contributed by atoms with E-state index in [9.17, 15) is 19.2 Å². The fraction of sp³-hybridized carbons (Fsp3) is 0.175. The number of nitrogens with zero attached hydrogens (tertiary/aromatic N) is 2. The highest BCUT2D eigenvalue weighted by molar-refractivity contribution is 6.21. The molecule has 5 aromatic rings. The number of imide groups is 1. The average Bonchev–Trinajstić information content (AvgIpc) is 3.36. The van der Waals surface area contributed by atoms with E-state index in [0.717, 1.165) is 10.5 Å². The molecule has 0 N–H and O–H groups in total. The number of pyridine rings is 1. The molecule has 1 aromatic heterocycles. The Morgan fingerprint density at radius 1 is 0.735 bits per heavy atom. The van der Waals surface area contributed by atoms with Crippen molar-refractivity contribution in [3.05, 3.63) is 154 Å². The molecule has 2 heterocycles. The summed E-state index contributed by atoms with van der Waals surface area (Å²) in [6, 6.07) is 32.1. The van der Waals surface area contributed by atoms with Crippen molar-refractivity contribution in [2.24, 2.45) is 0 Å². The molecule has 2 amide bonds. The van der Waals surface area contributed by atoms with Crippen LogP contribution in [0, 0.1) is 6.92 Å². The molecule has 0 fully saturated rings. The number of ether oxygens (including phenoxy) is 3. The maximum absolute atomic E-state index is 13.9. The lowest BCUT2D eigenvalue weighted by Crippen LogP contribution is -2.33. The van der Waals surface area contributed by atoms with E-state index in [0.29, 0.717) is 64.4 Å². The van der Waals surface area contributed by atoms with Crippen LogP contribution in [-0.4, -0.2) is 46.8 Å². The first-order chi connectivity index (χ1) is 23.8. The molecular weight excluding hydrogens is 620 g/mol. The number of hydrogen-bond acceptors (Lipinski definition) is 8. The maximum Gasteiger partial charge on any atom is 0.343 e. The zero-order valence-electron chi connectivity index (χ0n) is 27.2. The Morgan fingerprint density at radius 3 is 2.04 bits per heavy atom. The minimum atomic E-state index is -0.757. The molecule has 6 rings (SSSR count). The fourth-order valence-corrected chi connectivity index (χ4v) is 5.70. The van der Waals surface area contributed by atoms with Crippen LogP contribution in [0.15, 0.2) is 109 Å². The standard InChI is InChI=1S/C40H34N2O7/c1-3-13-33-36(49-39(45)28-15-6-4-7-16-28)35(40(46)47-23-22-42-37(43)31-20-10-11-21-32(31)38(42)44)26(2)34(41-33)25-27-14-12-19-30(24-27)48-29-17-8-5-9-18-29/h4-12,14-21,24H,3,13,22-23,25H2,1-2H3. The van der Waals surface area contributed by atoms with Crippen molar-refractivity contribution >= 4 is 23.8 Å². The number of fused-ring (bicyclic) bond motifs is 1. The van der Waals surface area contributed by atoms with Gasteiger partial charge in [-0.15, -0.1) is 0 Å². The third-order valence-corrected chi connectivity index (χ3v) is 8.14. The van der Waals surface area contributed by atoms with Gasteiger partial charge in [0.2, 0.25) is 0 Å². The minimum Gasteiger partial charge on any atom is -0.460 e. The van der Waals surface area contributed by atoms with Crippen LogP contribution in [-0.2, 0) is 17.6 Å². The highest BCUT2D eigenvalue weighted by atomic mass is 16.5. The molecule has 1 aliphatic rings. The molecule has 9 nitrogen and oxygen atoms in total. The summed E-state index contributed by atoms with van der Waals surface area (Å²) in [7, 11) is 0. The van der Waals surface area contributed by atoms with Gasteiger partial charge < -0.3 is 14.2 Å². The number of para-hydroxylation sites is 1. The molecule has 0 atom stereocenters. The third-order valence-electron chi connectivity index (χ3n) is 8.14. The first kappa shape index (κ1) is 32.8. The van der Waals surface area contributed by atoms with Crippen LogP contribution in [0.2, 0.25) is 0 Å². The summed E-state index contributed by atoms with van der Waals surface area (Å²) in [6.07, 6.45) is 1.45. The number of aryl methyl sites for hydroxylation is 1. The number of esters is 2. The monoisotopic (exact) mass is 654 g/mol. The molecule has 0 radical (unpaired) electrons. The summed E-state index contributed by atoms with van der Waals surface area (Å²) in [4.78, 5) is 58.9. The number of carbonyl (C=O) groups excluding carboxylic acids is 4. The van der Waals surface area contributed by atoms with Crippen LogP contribution in [0.25, 0.3) is 0 Å². The van der Waals surface area contributed by atoms with Gasteiger partial charge in [0.15, 0.2) is 5.75 Å². The van der Waals surface area contributed by atoms with Crippen LogP contribution in [0.4, 0.5) is 0 Å². The lowest BCUT2D eigenvalue weighted by Gasteiger charge is -2.20. The number of rotatable bonds is 12.